The van der Waals surface area contributed by atoms with Crippen molar-refractivity contribution < 1.29 is 9.21 Å². The molecule has 2 aromatic heterocycles. The van der Waals surface area contributed by atoms with Crippen molar-refractivity contribution in [3.05, 3.63) is 89.8 Å². The van der Waals surface area contributed by atoms with E-state index in [4.69, 9.17) is 4.42 Å². The average molecular weight is 430 g/mol. The van der Waals surface area contributed by atoms with Gasteiger partial charge in [0.1, 0.15) is 24.6 Å². The summed E-state index contributed by atoms with van der Waals surface area (Å²) in [5.74, 6) is 0.678. The fraction of sp³-hybridized carbons (Fsp3) is 0.136. The van der Waals surface area contributed by atoms with E-state index in [1.807, 2.05) is 42.5 Å². The van der Waals surface area contributed by atoms with Crippen LogP contribution in [0.15, 0.2) is 71.7 Å². The van der Waals surface area contributed by atoms with Crippen LogP contribution in [0, 0.1) is 0 Å². The Bertz CT molecular complexity index is 1210. The van der Waals surface area contributed by atoms with Gasteiger partial charge < -0.3 is 8.98 Å². The van der Waals surface area contributed by atoms with Crippen LogP contribution in [0.4, 0.5) is 6.01 Å². The van der Waals surface area contributed by atoms with Gasteiger partial charge in [-0.25, -0.2) is 4.90 Å². The number of nitrogens with zero attached hydrogens (tertiary/aromatic N) is 6. The maximum Gasteiger partial charge on any atom is 0.326 e. The van der Waals surface area contributed by atoms with E-state index < -0.39 is 0 Å². The maximum atomic E-state index is 12.7. The van der Waals surface area contributed by atoms with Crippen molar-refractivity contribution >= 4 is 35.8 Å². The lowest BCUT2D eigenvalue weighted by Gasteiger charge is -2.21. The highest BCUT2D eigenvalue weighted by molar-refractivity contribution is 8.00. The summed E-state index contributed by atoms with van der Waals surface area (Å²) in [6.45, 7) is 0.343. The van der Waals surface area contributed by atoms with Crippen molar-refractivity contribution in [3.63, 3.8) is 0 Å². The van der Waals surface area contributed by atoms with Gasteiger partial charge in [-0.3, -0.25) is 4.79 Å². The third-order valence-electron chi connectivity index (χ3n) is 4.83. The SMILES string of the molecule is O=C1CSC(c2ccccc2/C=C/c2ccccc2)N1c1nnc(Cn2cnnc2)o1. The number of carbonyl (C=O) groups excluding carboxylic acids is 1. The van der Waals surface area contributed by atoms with Crippen LogP contribution >= 0.6 is 11.8 Å². The summed E-state index contributed by atoms with van der Waals surface area (Å²) in [4.78, 5) is 14.3. The third-order valence-corrected chi connectivity index (χ3v) is 6.03. The number of amides is 1. The summed E-state index contributed by atoms with van der Waals surface area (Å²) >= 11 is 1.55. The lowest BCUT2D eigenvalue weighted by atomic mass is 10.0. The van der Waals surface area contributed by atoms with Gasteiger partial charge in [-0.05, 0) is 16.7 Å². The van der Waals surface area contributed by atoms with Crippen LogP contribution in [0.2, 0.25) is 0 Å². The molecule has 0 aliphatic carbocycles. The van der Waals surface area contributed by atoms with Crippen LogP contribution in [0.5, 0.6) is 0 Å². The Balaban J connectivity index is 1.43. The van der Waals surface area contributed by atoms with Gasteiger partial charge in [-0.2, -0.15) is 0 Å². The Hall–Kier alpha value is -3.72. The van der Waals surface area contributed by atoms with Crippen molar-refractivity contribution in [2.45, 2.75) is 11.9 Å². The largest absolute Gasteiger partial charge is 0.406 e. The maximum absolute atomic E-state index is 12.7. The quantitative estimate of drug-likeness (QED) is 0.431. The van der Waals surface area contributed by atoms with E-state index in [9.17, 15) is 4.79 Å². The Kier molecular flexibility index (Phi) is 5.32. The van der Waals surface area contributed by atoms with Gasteiger partial charge in [-0.15, -0.1) is 27.1 Å². The molecule has 9 heteroatoms. The van der Waals surface area contributed by atoms with E-state index in [-0.39, 0.29) is 17.3 Å². The minimum absolute atomic E-state index is 0.0589. The normalized spacial score (nSPS) is 16.5. The number of hydrogen-bond donors (Lipinski definition) is 0. The second-order valence-electron chi connectivity index (χ2n) is 6.91. The Labute approximate surface area is 182 Å². The molecule has 8 nitrogen and oxygen atoms in total. The van der Waals surface area contributed by atoms with Gasteiger partial charge in [-0.1, -0.05) is 71.8 Å². The lowest BCUT2D eigenvalue weighted by Crippen LogP contribution is -2.28. The van der Waals surface area contributed by atoms with Gasteiger partial charge in [0.2, 0.25) is 11.8 Å². The first-order chi connectivity index (χ1) is 15.3. The van der Waals surface area contributed by atoms with Gasteiger partial charge in [0.05, 0.1) is 5.75 Å². The van der Waals surface area contributed by atoms with Crippen molar-refractivity contribution in [1.82, 2.24) is 25.0 Å². The Morgan fingerprint density at radius 1 is 1.00 bits per heavy atom. The molecule has 1 unspecified atom stereocenters. The predicted molar refractivity (Wildman–Crippen MR) is 118 cm³/mol. The van der Waals surface area contributed by atoms with E-state index >= 15 is 0 Å². The van der Waals surface area contributed by atoms with E-state index in [1.165, 1.54) is 0 Å². The molecule has 4 aromatic rings. The van der Waals surface area contributed by atoms with Crippen LogP contribution in [0.1, 0.15) is 28.0 Å². The molecule has 1 aliphatic heterocycles. The minimum Gasteiger partial charge on any atom is -0.406 e. The zero-order valence-corrected chi connectivity index (χ0v) is 17.2. The van der Waals surface area contributed by atoms with Gasteiger partial charge >= 0.3 is 6.01 Å². The second-order valence-corrected chi connectivity index (χ2v) is 7.98. The van der Waals surface area contributed by atoms with Crippen LogP contribution < -0.4 is 4.90 Å². The molecule has 0 bridgehead atoms. The van der Waals surface area contributed by atoms with Crippen molar-refractivity contribution in [2.24, 2.45) is 0 Å². The monoisotopic (exact) mass is 430 g/mol. The molecule has 154 valence electrons. The number of carbonyl (C=O) groups is 1. The molecule has 1 atom stereocenters. The van der Waals surface area contributed by atoms with Crippen molar-refractivity contribution in [3.8, 4) is 0 Å². The van der Waals surface area contributed by atoms with E-state index in [2.05, 4.69) is 44.7 Å². The third kappa shape index (κ3) is 4.13. The molecule has 0 saturated carbocycles. The molecule has 31 heavy (non-hydrogen) atoms. The molecule has 5 rings (SSSR count). The Morgan fingerprint density at radius 2 is 1.77 bits per heavy atom. The number of benzene rings is 2. The molecule has 2 aromatic carbocycles. The fourth-order valence-electron chi connectivity index (χ4n) is 3.36. The molecule has 0 spiro atoms. The first kappa shape index (κ1) is 19.3. The zero-order valence-electron chi connectivity index (χ0n) is 16.4. The van der Waals surface area contributed by atoms with E-state index in [0.717, 1.165) is 16.7 Å². The molecule has 1 saturated heterocycles. The van der Waals surface area contributed by atoms with Crippen LogP contribution in [0.25, 0.3) is 12.2 Å². The summed E-state index contributed by atoms with van der Waals surface area (Å²) in [7, 11) is 0. The summed E-state index contributed by atoms with van der Waals surface area (Å²) in [6, 6.07) is 18.3. The number of aromatic nitrogens is 5. The number of rotatable bonds is 6. The minimum atomic E-state index is -0.243. The molecule has 1 fully saturated rings. The smallest absolute Gasteiger partial charge is 0.326 e. The molecule has 0 N–H and O–H groups in total. The summed E-state index contributed by atoms with van der Waals surface area (Å²) < 4.78 is 7.53. The molecule has 1 amide bonds. The summed E-state index contributed by atoms with van der Waals surface area (Å²) in [5, 5.41) is 15.5. The lowest BCUT2D eigenvalue weighted by molar-refractivity contribution is -0.116. The highest BCUT2D eigenvalue weighted by atomic mass is 32.2. The number of anilines is 1. The number of thioether (sulfide) groups is 1. The van der Waals surface area contributed by atoms with Crippen molar-refractivity contribution in [1.29, 1.82) is 0 Å². The standard InChI is InChI=1S/C22H18N6O2S/c29-20-13-31-21(28(20)22-26-25-19(30-22)12-27-14-23-24-15-27)18-9-5-4-8-17(18)11-10-16-6-2-1-3-7-16/h1-11,14-15,21H,12-13H2/b11-10+. The van der Waals surface area contributed by atoms with Crippen LogP contribution in [-0.2, 0) is 11.3 Å². The summed E-state index contributed by atoms with van der Waals surface area (Å²) in [6.07, 6.45) is 7.27. The second kappa shape index (κ2) is 8.57. The fourth-order valence-corrected chi connectivity index (χ4v) is 4.56. The first-order valence-electron chi connectivity index (χ1n) is 9.68. The first-order valence-corrected chi connectivity index (χ1v) is 10.7. The number of hydrogen-bond acceptors (Lipinski definition) is 7. The van der Waals surface area contributed by atoms with Crippen LogP contribution in [-0.4, -0.2) is 36.6 Å². The molecule has 0 radical (unpaired) electrons. The average Bonchev–Trinajstić information content (AvgIpc) is 3.55. The highest BCUT2D eigenvalue weighted by Crippen LogP contribution is 2.42. The van der Waals surface area contributed by atoms with E-state index in [1.54, 1.807) is 33.9 Å². The predicted octanol–water partition coefficient (Wildman–Crippen LogP) is 3.66. The van der Waals surface area contributed by atoms with E-state index in [0.29, 0.717) is 18.2 Å². The molecular formula is C22H18N6O2S. The topological polar surface area (TPSA) is 89.9 Å². The summed E-state index contributed by atoms with van der Waals surface area (Å²) in [5.41, 5.74) is 3.16. The van der Waals surface area contributed by atoms with Gasteiger partial charge in [0.25, 0.3) is 0 Å². The van der Waals surface area contributed by atoms with Gasteiger partial charge in [0.15, 0.2) is 0 Å². The Morgan fingerprint density at radius 3 is 2.61 bits per heavy atom. The van der Waals surface area contributed by atoms with Crippen molar-refractivity contribution in [2.75, 3.05) is 10.7 Å². The zero-order chi connectivity index (χ0) is 21.0. The molecular weight excluding hydrogens is 412 g/mol. The molecule has 1 aliphatic rings. The van der Waals surface area contributed by atoms with Crippen LogP contribution in [0.3, 0.4) is 0 Å². The highest BCUT2D eigenvalue weighted by Gasteiger charge is 2.38. The molecule has 3 heterocycles. The van der Waals surface area contributed by atoms with Gasteiger partial charge in [0, 0.05) is 0 Å².